The molecule has 2 atom stereocenters. The van der Waals surface area contributed by atoms with Crippen LogP contribution in [0.1, 0.15) is 43.4 Å². The maximum absolute atomic E-state index is 14.4. The molecule has 0 saturated heterocycles. The average molecular weight is 500 g/mol. The molecular weight excluding hydrogens is 472 g/mol. The van der Waals surface area contributed by atoms with Crippen LogP contribution in [0.5, 0.6) is 5.75 Å². The van der Waals surface area contributed by atoms with Crippen LogP contribution in [0, 0.1) is 5.82 Å². The van der Waals surface area contributed by atoms with Gasteiger partial charge in [-0.15, -0.1) is 0 Å². The fourth-order valence-corrected chi connectivity index (χ4v) is 4.00. The number of benzene rings is 3. The number of ether oxygens (including phenoxy) is 1. The second kappa shape index (κ2) is 11.1. The first-order chi connectivity index (χ1) is 16.1. The Bertz CT molecular complexity index is 1140. The Morgan fingerprint density at radius 2 is 1.65 bits per heavy atom. The first kappa shape index (κ1) is 25.8. The molecule has 3 nitrogen and oxygen atoms in total. The molecule has 3 aromatic carbocycles. The van der Waals surface area contributed by atoms with E-state index in [0.29, 0.717) is 27.8 Å². The minimum absolute atomic E-state index is 0.203. The van der Waals surface area contributed by atoms with E-state index in [2.05, 4.69) is 11.9 Å². The summed E-state index contributed by atoms with van der Waals surface area (Å²) in [4.78, 5) is 13.2. The molecule has 3 rings (SSSR count). The van der Waals surface area contributed by atoms with Gasteiger partial charge in [-0.25, -0.2) is 4.39 Å². The summed E-state index contributed by atoms with van der Waals surface area (Å²) in [6, 6.07) is 18.9. The van der Waals surface area contributed by atoms with Crippen molar-refractivity contribution in [1.29, 1.82) is 0 Å². The molecule has 0 spiro atoms. The highest BCUT2D eigenvalue weighted by molar-refractivity contribution is 6.30. The van der Waals surface area contributed by atoms with E-state index in [9.17, 15) is 9.18 Å². The highest BCUT2D eigenvalue weighted by Crippen LogP contribution is 2.28. The predicted octanol–water partition coefficient (Wildman–Crippen LogP) is 7.46. The number of amides is 1. The van der Waals surface area contributed by atoms with Crippen LogP contribution >= 0.6 is 23.2 Å². The van der Waals surface area contributed by atoms with Crippen LogP contribution < -0.4 is 10.1 Å². The van der Waals surface area contributed by atoms with Crippen molar-refractivity contribution in [2.75, 3.05) is 0 Å². The Kier molecular flexibility index (Phi) is 8.40. The van der Waals surface area contributed by atoms with Crippen molar-refractivity contribution in [2.45, 2.75) is 44.8 Å². The molecule has 0 aliphatic heterocycles. The Morgan fingerprint density at radius 3 is 2.24 bits per heavy atom. The summed E-state index contributed by atoms with van der Waals surface area (Å²) < 4.78 is 20.3. The monoisotopic (exact) mass is 499 g/mol. The van der Waals surface area contributed by atoms with E-state index in [1.165, 1.54) is 12.1 Å². The van der Waals surface area contributed by atoms with Gasteiger partial charge in [0.1, 0.15) is 11.6 Å². The molecule has 0 fully saturated rings. The fraction of sp³-hybridized carbons (Fsp3) is 0.250. The van der Waals surface area contributed by atoms with Gasteiger partial charge in [-0.2, -0.15) is 0 Å². The van der Waals surface area contributed by atoms with Crippen LogP contribution in [0.4, 0.5) is 4.39 Å². The minimum atomic E-state index is -1.14. The molecule has 0 bridgehead atoms. The Hall–Kier alpha value is -2.82. The van der Waals surface area contributed by atoms with E-state index >= 15 is 0 Å². The van der Waals surface area contributed by atoms with Crippen molar-refractivity contribution >= 4 is 35.2 Å². The summed E-state index contributed by atoms with van der Waals surface area (Å²) >= 11 is 12.0. The zero-order chi connectivity index (χ0) is 24.9. The zero-order valence-electron chi connectivity index (χ0n) is 19.4. The van der Waals surface area contributed by atoms with Crippen LogP contribution in [-0.2, 0) is 11.2 Å². The number of rotatable bonds is 9. The maximum Gasteiger partial charge on any atom is 0.263 e. The lowest BCUT2D eigenvalue weighted by Crippen LogP contribution is -2.51. The highest BCUT2D eigenvalue weighted by atomic mass is 35.5. The lowest BCUT2D eigenvalue weighted by molar-refractivity contribution is -0.135. The number of carbonyl (C=O) groups is 1. The predicted molar refractivity (Wildman–Crippen MR) is 138 cm³/mol. The molecule has 0 aromatic heterocycles. The van der Waals surface area contributed by atoms with E-state index < -0.39 is 5.60 Å². The lowest BCUT2D eigenvalue weighted by Gasteiger charge is -2.31. The molecule has 34 heavy (non-hydrogen) atoms. The van der Waals surface area contributed by atoms with Gasteiger partial charge in [0.25, 0.3) is 5.91 Å². The molecule has 178 valence electrons. The topological polar surface area (TPSA) is 38.3 Å². The lowest BCUT2D eigenvalue weighted by atomic mass is 9.85. The second-order valence-electron chi connectivity index (χ2n) is 8.79. The molecular formula is C28H28Cl2FNO2. The Balaban J connectivity index is 1.85. The van der Waals surface area contributed by atoms with Gasteiger partial charge in [0.2, 0.25) is 0 Å². The van der Waals surface area contributed by atoms with E-state index in [1.54, 1.807) is 44.2 Å². The molecule has 6 heteroatoms. The first-order valence-electron chi connectivity index (χ1n) is 11.0. The van der Waals surface area contributed by atoms with E-state index in [0.717, 1.165) is 11.1 Å². The van der Waals surface area contributed by atoms with Crippen LogP contribution in [0.15, 0.2) is 73.3 Å². The van der Waals surface area contributed by atoms with Gasteiger partial charge in [-0.05, 0) is 92.4 Å². The summed E-state index contributed by atoms with van der Waals surface area (Å²) in [6.07, 6.45) is 2.19. The standard InChI is InChI=1S/C28H28Cl2FNO2/c1-5-19-14-21(17-24(31)15-19)26(16-20-6-8-22(29)9-7-20)18(2)32-27(33)28(3,4)34-25-12-10-23(30)11-13-25/h5-15,17-18,26H,1,16H2,2-4H3,(H,32,33). The number of halogens is 3. The molecule has 0 aliphatic rings. The first-order valence-corrected chi connectivity index (χ1v) is 11.8. The smallest absolute Gasteiger partial charge is 0.263 e. The number of carbonyl (C=O) groups excluding carboxylic acids is 1. The largest absolute Gasteiger partial charge is 0.478 e. The summed E-state index contributed by atoms with van der Waals surface area (Å²) in [5.74, 6) is -0.295. The van der Waals surface area contributed by atoms with Gasteiger partial charge >= 0.3 is 0 Å². The molecule has 2 unspecified atom stereocenters. The van der Waals surface area contributed by atoms with Crippen molar-refractivity contribution < 1.29 is 13.9 Å². The number of hydrogen-bond donors (Lipinski definition) is 1. The summed E-state index contributed by atoms with van der Waals surface area (Å²) in [5, 5.41) is 4.30. The molecule has 0 saturated carbocycles. The van der Waals surface area contributed by atoms with Crippen LogP contribution in [0.3, 0.4) is 0 Å². The van der Waals surface area contributed by atoms with Gasteiger partial charge in [0.05, 0.1) is 0 Å². The molecule has 0 aliphatic carbocycles. The maximum atomic E-state index is 14.4. The van der Waals surface area contributed by atoms with Crippen molar-refractivity contribution in [3.05, 3.63) is 106 Å². The molecule has 1 amide bonds. The number of nitrogens with one attached hydrogen (secondary N) is 1. The van der Waals surface area contributed by atoms with Crippen molar-refractivity contribution in [3.8, 4) is 5.75 Å². The van der Waals surface area contributed by atoms with Gasteiger partial charge < -0.3 is 10.1 Å². The Labute approximate surface area is 210 Å². The molecule has 0 heterocycles. The Morgan fingerprint density at radius 1 is 1.06 bits per heavy atom. The van der Waals surface area contributed by atoms with Crippen molar-refractivity contribution in [2.24, 2.45) is 0 Å². The van der Waals surface area contributed by atoms with Crippen LogP contribution in [0.25, 0.3) is 6.08 Å². The van der Waals surface area contributed by atoms with E-state index in [1.807, 2.05) is 37.3 Å². The fourth-order valence-electron chi connectivity index (χ4n) is 3.75. The van der Waals surface area contributed by atoms with Crippen molar-refractivity contribution in [3.63, 3.8) is 0 Å². The SMILES string of the molecule is C=Cc1cc(F)cc(C(Cc2ccc(Cl)cc2)C(C)NC(=O)C(C)(C)Oc2ccc(Cl)cc2)c1. The summed E-state index contributed by atoms with van der Waals surface area (Å²) in [6.45, 7) is 9.08. The molecule has 1 N–H and O–H groups in total. The minimum Gasteiger partial charge on any atom is -0.478 e. The highest BCUT2D eigenvalue weighted by Gasteiger charge is 2.33. The second-order valence-corrected chi connectivity index (χ2v) is 9.66. The van der Waals surface area contributed by atoms with Gasteiger partial charge in [0, 0.05) is 22.0 Å². The average Bonchev–Trinajstić information content (AvgIpc) is 2.79. The summed E-state index contributed by atoms with van der Waals surface area (Å²) in [7, 11) is 0. The van der Waals surface area contributed by atoms with E-state index in [-0.39, 0.29) is 23.7 Å². The van der Waals surface area contributed by atoms with Gasteiger partial charge in [-0.3, -0.25) is 4.79 Å². The summed E-state index contributed by atoms with van der Waals surface area (Å²) in [5.41, 5.74) is 1.34. The third-order valence-electron chi connectivity index (χ3n) is 5.67. The van der Waals surface area contributed by atoms with Gasteiger partial charge in [0.15, 0.2) is 5.60 Å². The van der Waals surface area contributed by atoms with Crippen molar-refractivity contribution in [1.82, 2.24) is 5.32 Å². The zero-order valence-corrected chi connectivity index (χ0v) is 21.0. The quantitative estimate of drug-likeness (QED) is 0.331. The molecule has 3 aromatic rings. The van der Waals surface area contributed by atoms with Gasteiger partial charge in [-0.1, -0.05) is 54.1 Å². The number of hydrogen-bond acceptors (Lipinski definition) is 2. The van der Waals surface area contributed by atoms with E-state index in [4.69, 9.17) is 27.9 Å². The normalized spacial score (nSPS) is 13.1. The van der Waals surface area contributed by atoms with Crippen LogP contribution in [-0.4, -0.2) is 17.6 Å². The third kappa shape index (κ3) is 6.85. The van der Waals surface area contributed by atoms with Crippen LogP contribution in [0.2, 0.25) is 10.0 Å². The third-order valence-corrected chi connectivity index (χ3v) is 6.17. The molecule has 0 radical (unpaired) electrons.